The first kappa shape index (κ1) is 13.3. The third-order valence-corrected chi connectivity index (χ3v) is 5.36. The quantitative estimate of drug-likeness (QED) is 0.724. The summed E-state index contributed by atoms with van der Waals surface area (Å²) < 4.78 is 0. The number of carbonyl (C=O) groups excluding carboxylic acids is 1. The molecule has 0 aromatic rings. The predicted octanol–water partition coefficient (Wildman–Crippen LogP) is 2.46. The predicted molar refractivity (Wildman–Crippen MR) is 68.5 cm³/mol. The lowest BCUT2D eigenvalue weighted by molar-refractivity contribution is -0.115. The van der Waals surface area contributed by atoms with Gasteiger partial charge in [0.2, 0.25) is 0 Å². The van der Waals surface area contributed by atoms with E-state index >= 15 is 0 Å². The SMILES string of the molecule is CC1(C)C(O)CCC2(C)C(C#N)C(C=O)=CCC12. The molecule has 2 aliphatic carbocycles. The molecule has 18 heavy (non-hydrogen) atoms. The summed E-state index contributed by atoms with van der Waals surface area (Å²) in [6.45, 7) is 6.26. The van der Waals surface area contributed by atoms with E-state index in [4.69, 9.17) is 0 Å². The molecule has 1 saturated carbocycles. The number of nitriles is 1. The number of hydrogen-bond donors (Lipinski definition) is 1. The van der Waals surface area contributed by atoms with Gasteiger partial charge in [-0.3, -0.25) is 4.79 Å². The Morgan fingerprint density at radius 1 is 1.50 bits per heavy atom. The van der Waals surface area contributed by atoms with Crippen LogP contribution in [0, 0.1) is 34.0 Å². The Hall–Kier alpha value is -1.14. The molecule has 4 unspecified atom stereocenters. The maximum absolute atomic E-state index is 11.1. The summed E-state index contributed by atoms with van der Waals surface area (Å²) >= 11 is 0. The largest absolute Gasteiger partial charge is 0.393 e. The third kappa shape index (κ3) is 1.63. The molecule has 0 aromatic heterocycles. The molecule has 0 aromatic carbocycles. The van der Waals surface area contributed by atoms with Crippen LogP contribution in [0.1, 0.15) is 40.0 Å². The zero-order valence-electron chi connectivity index (χ0n) is 11.3. The fraction of sp³-hybridized carbons (Fsp3) is 0.733. The van der Waals surface area contributed by atoms with E-state index in [0.29, 0.717) is 12.0 Å². The first-order valence-corrected chi connectivity index (χ1v) is 6.61. The van der Waals surface area contributed by atoms with Gasteiger partial charge < -0.3 is 5.11 Å². The average molecular weight is 247 g/mol. The molecule has 0 radical (unpaired) electrons. The van der Waals surface area contributed by atoms with E-state index in [1.807, 2.05) is 6.08 Å². The smallest absolute Gasteiger partial charge is 0.147 e. The van der Waals surface area contributed by atoms with E-state index < -0.39 is 0 Å². The number of hydrogen-bond acceptors (Lipinski definition) is 3. The lowest BCUT2D eigenvalue weighted by Gasteiger charge is -2.56. The van der Waals surface area contributed by atoms with Gasteiger partial charge in [0.15, 0.2) is 0 Å². The molecule has 0 spiro atoms. The number of aliphatic hydroxyl groups is 1. The van der Waals surface area contributed by atoms with E-state index in [2.05, 4.69) is 26.8 Å². The minimum absolute atomic E-state index is 0.192. The Labute approximate surface area is 108 Å². The molecule has 0 aliphatic heterocycles. The zero-order chi connectivity index (χ0) is 13.6. The van der Waals surface area contributed by atoms with Gasteiger partial charge in [-0.2, -0.15) is 5.26 Å². The number of aldehydes is 1. The van der Waals surface area contributed by atoms with Crippen LogP contribution in [0.15, 0.2) is 11.6 Å². The molecule has 98 valence electrons. The Kier molecular flexibility index (Phi) is 3.11. The Balaban J connectivity index is 2.48. The monoisotopic (exact) mass is 247 g/mol. The molecule has 0 heterocycles. The van der Waals surface area contributed by atoms with Crippen molar-refractivity contribution in [2.75, 3.05) is 0 Å². The van der Waals surface area contributed by atoms with Crippen molar-refractivity contribution >= 4 is 6.29 Å². The van der Waals surface area contributed by atoms with Crippen LogP contribution in [0.3, 0.4) is 0 Å². The maximum Gasteiger partial charge on any atom is 0.147 e. The van der Waals surface area contributed by atoms with Gasteiger partial charge in [-0.15, -0.1) is 0 Å². The van der Waals surface area contributed by atoms with Crippen molar-refractivity contribution in [1.29, 1.82) is 5.26 Å². The van der Waals surface area contributed by atoms with Crippen LogP contribution in [-0.2, 0) is 4.79 Å². The Morgan fingerprint density at radius 3 is 2.72 bits per heavy atom. The van der Waals surface area contributed by atoms with Crippen molar-refractivity contribution in [3.8, 4) is 6.07 Å². The molecule has 0 bridgehead atoms. The van der Waals surface area contributed by atoms with E-state index in [1.54, 1.807) is 0 Å². The van der Waals surface area contributed by atoms with Gasteiger partial charge in [0.05, 0.1) is 18.1 Å². The van der Waals surface area contributed by atoms with Gasteiger partial charge in [0.25, 0.3) is 0 Å². The molecule has 3 nitrogen and oxygen atoms in total. The first-order valence-electron chi connectivity index (χ1n) is 6.61. The van der Waals surface area contributed by atoms with Crippen LogP contribution in [0.5, 0.6) is 0 Å². The van der Waals surface area contributed by atoms with Gasteiger partial charge in [0.1, 0.15) is 6.29 Å². The van der Waals surface area contributed by atoms with E-state index in [1.165, 1.54) is 0 Å². The third-order valence-electron chi connectivity index (χ3n) is 5.36. The van der Waals surface area contributed by atoms with Gasteiger partial charge in [0, 0.05) is 5.57 Å². The molecule has 1 N–H and O–H groups in total. The lowest BCUT2D eigenvalue weighted by atomic mass is 9.48. The van der Waals surface area contributed by atoms with Crippen LogP contribution in [0.4, 0.5) is 0 Å². The molecule has 1 fully saturated rings. The number of nitrogens with zero attached hydrogens (tertiary/aromatic N) is 1. The molecular formula is C15H21NO2. The number of rotatable bonds is 1. The minimum atomic E-state index is -0.333. The van der Waals surface area contributed by atoms with Crippen LogP contribution in [0.2, 0.25) is 0 Å². The van der Waals surface area contributed by atoms with Gasteiger partial charge in [-0.25, -0.2) is 0 Å². The molecular weight excluding hydrogens is 226 g/mol. The van der Waals surface area contributed by atoms with E-state index in [-0.39, 0.29) is 28.8 Å². The molecule has 4 atom stereocenters. The van der Waals surface area contributed by atoms with Crippen molar-refractivity contribution in [2.45, 2.75) is 46.1 Å². The van der Waals surface area contributed by atoms with E-state index in [0.717, 1.165) is 19.1 Å². The highest BCUT2D eigenvalue weighted by atomic mass is 16.3. The number of carbonyl (C=O) groups is 1. The van der Waals surface area contributed by atoms with Crippen molar-refractivity contribution in [2.24, 2.45) is 22.7 Å². The Morgan fingerprint density at radius 2 is 2.17 bits per heavy atom. The molecule has 0 amide bonds. The van der Waals surface area contributed by atoms with E-state index in [9.17, 15) is 15.2 Å². The summed E-state index contributed by atoms with van der Waals surface area (Å²) in [6, 6.07) is 2.32. The second kappa shape index (κ2) is 4.20. The second-order valence-corrected chi connectivity index (χ2v) is 6.55. The number of aliphatic hydroxyl groups excluding tert-OH is 1. The average Bonchev–Trinajstić information content (AvgIpc) is 2.33. The van der Waals surface area contributed by atoms with Gasteiger partial charge in [-0.05, 0) is 36.0 Å². The highest BCUT2D eigenvalue weighted by molar-refractivity contribution is 5.75. The lowest BCUT2D eigenvalue weighted by Crippen LogP contribution is -2.54. The van der Waals surface area contributed by atoms with Crippen molar-refractivity contribution in [3.63, 3.8) is 0 Å². The number of fused-ring (bicyclic) bond motifs is 1. The standard InChI is InChI=1S/C15H21NO2/c1-14(2)12-5-4-10(9-17)11(8-16)15(12,3)7-6-13(14)18/h4,9,11-13,18H,5-7H2,1-3H3. The Bertz CT molecular complexity index is 432. The zero-order valence-corrected chi connectivity index (χ0v) is 11.3. The van der Waals surface area contributed by atoms with Crippen LogP contribution in [-0.4, -0.2) is 17.5 Å². The van der Waals surface area contributed by atoms with Crippen molar-refractivity contribution < 1.29 is 9.90 Å². The summed E-state index contributed by atoms with van der Waals surface area (Å²) in [4.78, 5) is 11.1. The van der Waals surface area contributed by atoms with Crippen LogP contribution in [0.25, 0.3) is 0 Å². The van der Waals surface area contributed by atoms with Crippen molar-refractivity contribution in [1.82, 2.24) is 0 Å². The highest BCUT2D eigenvalue weighted by Gasteiger charge is 2.55. The molecule has 0 saturated heterocycles. The minimum Gasteiger partial charge on any atom is -0.393 e. The highest BCUT2D eigenvalue weighted by Crippen LogP contribution is 2.59. The summed E-state index contributed by atoms with van der Waals surface area (Å²) in [5.41, 5.74) is 0.235. The topological polar surface area (TPSA) is 61.1 Å². The maximum atomic E-state index is 11.1. The molecule has 2 rings (SSSR count). The first-order chi connectivity index (χ1) is 8.37. The van der Waals surface area contributed by atoms with Crippen LogP contribution >= 0.6 is 0 Å². The van der Waals surface area contributed by atoms with Gasteiger partial charge >= 0.3 is 0 Å². The second-order valence-electron chi connectivity index (χ2n) is 6.55. The summed E-state index contributed by atoms with van der Waals surface area (Å²) in [7, 11) is 0. The fourth-order valence-corrected chi connectivity index (χ4v) is 4.09. The normalized spacial score (nSPS) is 42.4. The van der Waals surface area contributed by atoms with Crippen molar-refractivity contribution in [3.05, 3.63) is 11.6 Å². The summed E-state index contributed by atoms with van der Waals surface area (Å²) in [5.74, 6) is -0.0809. The fourth-order valence-electron chi connectivity index (χ4n) is 4.09. The van der Waals surface area contributed by atoms with Gasteiger partial charge in [-0.1, -0.05) is 26.8 Å². The molecule has 2 aliphatic rings. The van der Waals surface area contributed by atoms with Crippen LogP contribution < -0.4 is 0 Å². The summed E-state index contributed by atoms with van der Waals surface area (Å²) in [5, 5.41) is 19.6. The summed E-state index contributed by atoms with van der Waals surface area (Å²) in [6.07, 6.45) is 4.71. The number of allylic oxidation sites excluding steroid dienone is 2. The molecule has 3 heteroatoms.